The number of fused-ring (bicyclic) bond motifs is 1. The van der Waals surface area contributed by atoms with E-state index in [0.29, 0.717) is 22.7 Å². The second-order valence-electron chi connectivity index (χ2n) is 6.27. The highest BCUT2D eigenvalue weighted by Crippen LogP contribution is 2.37. The third kappa shape index (κ3) is 3.08. The number of pyridine rings is 1. The van der Waals surface area contributed by atoms with Gasteiger partial charge < -0.3 is 0 Å². The van der Waals surface area contributed by atoms with Crippen molar-refractivity contribution in [2.75, 3.05) is 0 Å². The van der Waals surface area contributed by atoms with Crippen LogP contribution < -0.4 is 4.72 Å². The molecule has 12 heteroatoms. The summed E-state index contributed by atoms with van der Waals surface area (Å²) in [5.74, 6) is 0. The van der Waals surface area contributed by atoms with Crippen LogP contribution in [0.4, 0.5) is 8.78 Å². The van der Waals surface area contributed by atoms with E-state index in [4.69, 9.17) is 11.6 Å². The van der Waals surface area contributed by atoms with Crippen molar-refractivity contribution in [3.63, 3.8) is 0 Å². The highest BCUT2D eigenvalue weighted by Gasteiger charge is 2.41. The van der Waals surface area contributed by atoms with E-state index in [-0.39, 0.29) is 14.9 Å². The number of hydrogen-bond acceptors (Lipinski definition) is 6. The lowest BCUT2D eigenvalue weighted by atomic mass is 10.4. The molecule has 0 aromatic carbocycles. The Balaban J connectivity index is 1.82. The van der Waals surface area contributed by atoms with Gasteiger partial charge in [0.15, 0.2) is 15.7 Å². The van der Waals surface area contributed by atoms with Gasteiger partial charge in [0.1, 0.15) is 10.6 Å². The van der Waals surface area contributed by atoms with Crippen LogP contribution in [0.2, 0.25) is 5.02 Å². The molecule has 1 aliphatic carbocycles. The van der Waals surface area contributed by atoms with Crippen molar-refractivity contribution < 1.29 is 17.2 Å². The maximum absolute atomic E-state index is 12.8. The standard InChI is InChI=1S/C14H12ClF2N5O2S2/c1-14(2-3-14)21-26(23,24)7-4-8(15)11-18-5-9(22(11)6-7)12-19-20-13(25-12)10(16)17/h4-6,10,21H,2-3H2,1H3. The predicted octanol–water partition coefficient (Wildman–Crippen LogP) is 3.27. The Bertz CT molecular complexity index is 1110. The number of imidazole rings is 1. The molecular formula is C14H12ClF2N5O2S2. The van der Waals surface area contributed by atoms with Crippen LogP contribution in [0.25, 0.3) is 16.3 Å². The van der Waals surface area contributed by atoms with Gasteiger partial charge in [-0.05, 0) is 25.8 Å². The third-order valence-corrected chi connectivity index (χ3v) is 6.91. The molecule has 4 rings (SSSR count). The summed E-state index contributed by atoms with van der Waals surface area (Å²) in [4.78, 5) is 4.09. The average Bonchev–Trinajstić information content (AvgIpc) is 3.00. The van der Waals surface area contributed by atoms with E-state index >= 15 is 0 Å². The Hall–Kier alpha value is -1.69. The summed E-state index contributed by atoms with van der Waals surface area (Å²) >= 11 is 6.89. The molecule has 1 aliphatic rings. The maximum atomic E-state index is 12.8. The van der Waals surface area contributed by atoms with Gasteiger partial charge in [-0.25, -0.2) is 26.9 Å². The van der Waals surface area contributed by atoms with Gasteiger partial charge in [0.05, 0.1) is 11.2 Å². The van der Waals surface area contributed by atoms with Gasteiger partial charge >= 0.3 is 0 Å². The molecule has 3 heterocycles. The molecule has 7 nitrogen and oxygen atoms in total. The van der Waals surface area contributed by atoms with E-state index in [9.17, 15) is 17.2 Å². The monoisotopic (exact) mass is 419 g/mol. The molecule has 0 aliphatic heterocycles. The fourth-order valence-electron chi connectivity index (χ4n) is 2.43. The summed E-state index contributed by atoms with van der Waals surface area (Å²) in [6, 6.07) is 1.31. The molecule has 0 bridgehead atoms. The number of nitrogens with zero attached hydrogens (tertiary/aromatic N) is 4. The van der Waals surface area contributed by atoms with Crippen LogP contribution in [0.1, 0.15) is 31.2 Å². The number of alkyl halides is 2. The van der Waals surface area contributed by atoms with E-state index in [1.165, 1.54) is 22.9 Å². The SMILES string of the molecule is CC1(NS(=O)(=O)c2cc(Cl)c3ncc(-c4nnc(C(F)F)s4)n3c2)CC1. The molecule has 0 atom stereocenters. The van der Waals surface area contributed by atoms with Crippen LogP contribution in [0.5, 0.6) is 0 Å². The zero-order valence-electron chi connectivity index (χ0n) is 13.3. The van der Waals surface area contributed by atoms with Gasteiger partial charge in [-0.1, -0.05) is 22.9 Å². The van der Waals surface area contributed by atoms with E-state index in [0.717, 1.165) is 12.8 Å². The Morgan fingerprint density at radius 3 is 2.73 bits per heavy atom. The summed E-state index contributed by atoms with van der Waals surface area (Å²) in [6.45, 7) is 1.82. The van der Waals surface area contributed by atoms with Crippen molar-refractivity contribution in [3.8, 4) is 10.7 Å². The molecule has 0 spiro atoms. The molecule has 1 saturated carbocycles. The fourth-order valence-corrected chi connectivity index (χ4v) is 4.94. The predicted molar refractivity (Wildman–Crippen MR) is 92.0 cm³/mol. The highest BCUT2D eigenvalue weighted by molar-refractivity contribution is 7.89. The Morgan fingerprint density at radius 2 is 2.12 bits per heavy atom. The molecule has 138 valence electrons. The van der Waals surface area contributed by atoms with Crippen LogP contribution in [-0.2, 0) is 10.0 Å². The number of rotatable bonds is 5. The van der Waals surface area contributed by atoms with Crippen LogP contribution in [0.3, 0.4) is 0 Å². The first-order chi connectivity index (χ1) is 12.2. The van der Waals surface area contributed by atoms with Crippen molar-refractivity contribution >= 4 is 38.6 Å². The van der Waals surface area contributed by atoms with Gasteiger partial charge in [0, 0.05) is 11.7 Å². The maximum Gasteiger partial charge on any atom is 0.291 e. The van der Waals surface area contributed by atoms with Crippen LogP contribution in [-0.4, -0.2) is 33.5 Å². The van der Waals surface area contributed by atoms with E-state index in [2.05, 4.69) is 19.9 Å². The lowest BCUT2D eigenvalue weighted by molar-refractivity contribution is 0.150. The minimum Gasteiger partial charge on any atom is -0.295 e. The molecule has 1 N–H and O–H groups in total. The van der Waals surface area contributed by atoms with E-state index in [1.807, 2.05) is 6.92 Å². The summed E-state index contributed by atoms with van der Waals surface area (Å²) in [5.41, 5.74) is 0.191. The molecule has 0 amide bonds. The number of nitrogens with one attached hydrogen (secondary N) is 1. The van der Waals surface area contributed by atoms with Gasteiger partial charge in [-0.3, -0.25) is 4.40 Å². The minimum absolute atomic E-state index is 0.0408. The average molecular weight is 420 g/mol. The van der Waals surface area contributed by atoms with Gasteiger partial charge in [-0.2, -0.15) is 0 Å². The molecule has 0 radical (unpaired) electrons. The van der Waals surface area contributed by atoms with E-state index < -0.39 is 27.0 Å². The van der Waals surface area contributed by atoms with Crippen molar-refractivity contribution in [2.24, 2.45) is 0 Å². The number of halogens is 3. The van der Waals surface area contributed by atoms with Crippen molar-refractivity contribution in [2.45, 2.75) is 36.6 Å². The third-order valence-electron chi connectivity index (χ3n) is 4.07. The van der Waals surface area contributed by atoms with Crippen molar-refractivity contribution in [1.29, 1.82) is 0 Å². The first-order valence-corrected chi connectivity index (χ1v) is 10.2. The fraction of sp³-hybridized carbons (Fsp3) is 0.357. The molecule has 3 aromatic heterocycles. The lowest BCUT2D eigenvalue weighted by Crippen LogP contribution is -2.34. The number of aromatic nitrogens is 4. The second kappa shape index (κ2) is 5.91. The van der Waals surface area contributed by atoms with E-state index in [1.54, 1.807) is 0 Å². The molecular weight excluding hydrogens is 408 g/mol. The van der Waals surface area contributed by atoms with Crippen molar-refractivity contribution in [1.82, 2.24) is 24.3 Å². The van der Waals surface area contributed by atoms with Crippen LogP contribution in [0.15, 0.2) is 23.4 Å². The molecule has 0 saturated heterocycles. The highest BCUT2D eigenvalue weighted by atomic mass is 35.5. The summed E-state index contributed by atoms with van der Waals surface area (Å²) in [5, 5.41) is 7.08. The first-order valence-electron chi connectivity index (χ1n) is 7.51. The zero-order chi connectivity index (χ0) is 18.7. The first kappa shape index (κ1) is 17.7. The second-order valence-corrected chi connectivity index (χ2v) is 9.37. The normalized spacial score (nSPS) is 16.5. The topological polar surface area (TPSA) is 89.2 Å². The van der Waals surface area contributed by atoms with Crippen LogP contribution >= 0.6 is 22.9 Å². The van der Waals surface area contributed by atoms with Gasteiger partial charge in [0.2, 0.25) is 10.0 Å². The van der Waals surface area contributed by atoms with Gasteiger partial charge in [0.25, 0.3) is 6.43 Å². The molecule has 3 aromatic rings. The lowest BCUT2D eigenvalue weighted by Gasteiger charge is -2.13. The molecule has 0 unspecified atom stereocenters. The molecule has 1 fully saturated rings. The Morgan fingerprint density at radius 1 is 1.38 bits per heavy atom. The van der Waals surface area contributed by atoms with Crippen LogP contribution in [0, 0.1) is 0 Å². The Labute approximate surface area is 156 Å². The zero-order valence-corrected chi connectivity index (χ0v) is 15.7. The Kier molecular flexibility index (Phi) is 4.03. The minimum atomic E-state index is -3.79. The summed E-state index contributed by atoms with van der Waals surface area (Å²) in [7, 11) is -3.79. The van der Waals surface area contributed by atoms with Gasteiger partial charge in [-0.15, -0.1) is 10.2 Å². The summed E-state index contributed by atoms with van der Waals surface area (Å²) in [6.07, 6.45) is 1.53. The largest absolute Gasteiger partial charge is 0.295 e. The summed E-state index contributed by atoms with van der Waals surface area (Å²) < 4.78 is 54.8. The smallest absolute Gasteiger partial charge is 0.291 e. The number of hydrogen-bond donors (Lipinski definition) is 1. The van der Waals surface area contributed by atoms with Crippen molar-refractivity contribution in [3.05, 3.63) is 28.5 Å². The molecule has 26 heavy (non-hydrogen) atoms. The quantitative estimate of drug-likeness (QED) is 0.685. The number of sulfonamides is 1.